The number of fused-ring (bicyclic) bond motifs is 16. The van der Waals surface area contributed by atoms with E-state index < -0.39 is 0 Å². The first-order chi connectivity index (χ1) is 48.3. The van der Waals surface area contributed by atoms with Crippen molar-refractivity contribution < 1.29 is 0 Å². The highest BCUT2D eigenvalue weighted by Gasteiger charge is 2.10. The molecule has 0 aliphatic carbocycles. The second-order valence-corrected chi connectivity index (χ2v) is 27.9. The maximum Gasteiger partial charge on any atom is -0.00963 e. The summed E-state index contributed by atoms with van der Waals surface area (Å²) in [6, 6.07) is 110. The van der Waals surface area contributed by atoms with Crippen molar-refractivity contribution in [2.45, 2.75) is 96.9 Å². The molecular formula is C100H92. The van der Waals surface area contributed by atoms with E-state index in [0.29, 0.717) is 0 Å². The monoisotopic (exact) mass is 1290 g/mol. The van der Waals surface area contributed by atoms with E-state index >= 15 is 0 Å². The molecule has 18 aromatic carbocycles. The summed E-state index contributed by atoms with van der Waals surface area (Å²) >= 11 is 0. The molecule has 0 spiro atoms. The van der Waals surface area contributed by atoms with Gasteiger partial charge in [-0.05, 0) is 243 Å². The van der Waals surface area contributed by atoms with E-state index in [9.17, 15) is 0 Å². The van der Waals surface area contributed by atoms with Gasteiger partial charge in [0.1, 0.15) is 0 Å². The highest BCUT2D eigenvalue weighted by atomic mass is 14.1. The molecule has 18 rings (SSSR count). The fraction of sp³-hybridized carbons (Fsp3) is 0.140. The lowest BCUT2D eigenvalue weighted by molar-refractivity contribution is 1.37. The molecule has 0 aliphatic heterocycles. The van der Waals surface area contributed by atoms with E-state index in [1.807, 2.05) is 0 Å². The van der Waals surface area contributed by atoms with Crippen molar-refractivity contribution >= 4 is 118 Å². The molecule has 0 saturated carbocycles. The van der Waals surface area contributed by atoms with Crippen LogP contribution in [0.15, 0.2) is 303 Å². The molecule has 100 heavy (non-hydrogen) atoms. The van der Waals surface area contributed by atoms with Gasteiger partial charge in [-0.15, -0.1) is 0 Å². The van der Waals surface area contributed by atoms with Crippen molar-refractivity contribution in [1.29, 1.82) is 0 Å². The third-order valence-corrected chi connectivity index (χ3v) is 19.5. The van der Waals surface area contributed by atoms with Gasteiger partial charge in [0, 0.05) is 0 Å². The van der Waals surface area contributed by atoms with Crippen molar-refractivity contribution in [3.8, 4) is 0 Å². The van der Waals surface area contributed by atoms with Crippen molar-refractivity contribution in [3.05, 3.63) is 381 Å². The molecule has 0 bridgehead atoms. The molecule has 0 fully saturated rings. The Hall–Kier alpha value is -11.2. The molecule has 0 nitrogen and oxygen atoms in total. The van der Waals surface area contributed by atoms with E-state index in [1.165, 1.54) is 196 Å². The molecule has 0 saturated heterocycles. The lowest BCUT2D eigenvalue weighted by atomic mass is 9.93. The SMILES string of the molecule is Cc1cc2ccccc2cc1C.Cc1ccc2c(C)cccc2c1.Cc1ccc2c(c1)c(C)cc1ccccc12.Cc1ccc2c(c1)c(C)cc1ccccc12.Cc1ccc2c3ccc(C)cc3c3ccccc3c2c1.Cc1ccc2cc(C)ccc2c1.Cc1ccc2ccc(C)cc2c1. The second-order valence-electron chi connectivity index (χ2n) is 27.9. The summed E-state index contributed by atoms with van der Waals surface area (Å²) in [5, 5.41) is 29.7. The zero-order valence-electron chi connectivity index (χ0n) is 60.9. The normalized spacial score (nSPS) is 10.9. The Bertz CT molecular complexity index is 5660. The highest BCUT2D eigenvalue weighted by molar-refractivity contribution is 6.25. The van der Waals surface area contributed by atoms with Crippen LogP contribution >= 0.6 is 0 Å². The molecule has 18 aromatic rings. The first kappa shape index (κ1) is 68.7. The Kier molecular flexibility index (Phi) is 21.1. The number of hydrogen-bond acceptors (Lipinski definition) is 0. The molecule has 0 atom stereocenters. The van der Waals surface area contributed by atoms with Gasteiger partial charge in [-0.1, -0.05) is 353 Å². The Labute approximate surface area is 592 Å². The Morgan fingerprint density at radius 3 is 0.750 bits per heavy atom. The first-order valence-electron chi connectivity index (χ1n) is 35.3. The summed E-state index contributed by atoms with van der Waals surface area (Å²) in [6.07, 6.45) is 0. The molecule has 0 radical (unpaired) electrons. The molecule has 492 valence electrons. The van der Waals surface area contributed by atoms with Crippen LogP contribution in [0.1, 0.15) is 77.9 Å². The average molecular weight is 1290 g/mol. The largest absolute Gasteiger partial charge is 0.0616 e. The van der Waals surface area contributed by atoms with Gasteiger partial charge in [0.15, 0.2) is 0 Å². The lowest BCUT2D eigenvalue weighted by Crippen LogP contribution is -1.85. The number of hydrogen-bond donors (Lipinski definition) is 0. The van der Waals surface area contributed by atoms with Crippen LogP contribution in [0.2, 0.25) is 0 Å². The van der Waals surface area contributed by atoms with Gasteiger partial charge in [0.25, 0.3) is 0 Å². The Morgan fingerprint density at radius 1 is 0.110 bits per heavy atom. The average Bonchev–Trinajstić information content (AvgIpc) is 0.750. The Morgan fingerprint density at radius 2 is 0.350 bits per heavy atom. The summed E-state index contributed by atoms with van der Waals surface area (Å²) in [6.45, 7) is 30.1. The van der Waals surface area contributed by atoms with Gasteiger partial charge < -0.3 is 0 Å². The van der Waals surface area contributed by atoms with Gasteiger partial charge in [-0.2, -0.15) is 0 Å². The number of benzene rings is 18. The van der Waals surface area contributed by atoms with Crippen LogP contribution in [-0.2, 0) is 0 Å². The summed E-state index contributed by atoms with van der Waals surface area (Å²) in [5.41, 5.74) is 18.7. The zero-order valence-corrected chi connectivity index (χ0v) is 60.9. The van der Waals surface area contributed by atoms with Crippen molar-refractivity contribution in [2.75, 3.05) is 0 Å². The fourth-order valence-electron chi connectivity index (χ4n) is 14.0. The maximum absolute atomic E-state index is 2.30. The minimum atomic E-state index is 1.31. The van der Waals surface area contributed by atoms with E-state index in [0.717, 1.165) is 0 Å². The second kappa shape index (κ2) is 30.7. The molecule has 0 heteroatoms. The molecule has 0 aromatic heterocycles. The van der Waals surface area contributed by atoms with Gasteiger partial charge in [-0.3, -0.25) is 0 Å². The lowest BCUT2D eigenvalue weighted by Gasteiger charge is -2.11. The first-order valence-corrected chi connectivity index (χ1v) is 35.3. The third kappa shape index (κ3) is 16.0. The van der Waals surface area contributed by atoms with Crippen LogP contribution in [-0.4, -0.2) is 0 Å². The van der Waals surface area contributed by atoms with Crippen LogP contribution in [0.4, 0.5) is 0 Å². The summed E-state index contributed by atoms with van der Waals surface area (Å²) < 4.78 is 0. The highest BCUT2D eigenvalue weighted by Crippen LogP contribution is 2.37. The van der Waals surface area contributed by atoms with E-state index in [-0.39, 0.29) is 0 Å². The smallest absolute Gasteiger partial charge is 0.00963 e. The number of aryl methyl sites for hydroxylation is 14. The summed E-state index contributed by atoms with van der Waals surface area (Å²) in [5.74, 6) is 0. The maximum atomic E-state index is 2.30. The number of rotatable bonds is 0. The summed E-state index contributed by atoms with van der Waals surface area (Å²) in [7, 11) is 0. The molecule has 0 heterocycles. The molecule has 0 amide bonds. The van der Waals surface area contributed by atoms with E-state index in [2.05, 4.69) is 400 Å². The van der Waals surface area contributed by atoms with Gasteiger partial charge in [0.2, 0.25) is 0 Å². The summed E-state index contributed by atoms with van der Waals surface area (Å²) in [4.78, 5) is 0. The third-order valence-electron chi connectivity index (χ3n) is 19.5. The minimum absolute atomic E-state index is 1.31. The van der Waals surface area contributed by atoms with Crippen molar-refractivity contribution in [3.63, 3.8) is 0 Å². The van der Waals surface area contributed by atoms with Crippen LogP contribution in [0.25, 0.3) is 118 Å². The van der Waals surface area contributed by atoms with Crippen LogP contribution < -0.4 is 0 Å². The Balaban J connectivity index is 0.000000112. The molecule has 0 aliphatic rings. The van der Waals surface area contributed by atoms with E-state index in [4.69, 9.17) is 0 Å². The van der Waals surface area contributed by atoms with Gasteiger partial charge in [0.05, 0.1) is 0 Å². The zero-order chi connectivity index (χ0) is 70.1. The molecule has 0 N–H and O–H groups in total. The van der Waals surface area contributed by atoms with Crippen LogP contribution in [0.5, 0.6) is 0 Å². The van der Waals surface area contributed by atoms with Crippen LogP contribution in [0, 0.1) is 96.9 Å². The predicted molar refractivity (Wildman–Crippen MR) is 444 cm³/mol. The minimum Gasteiger partial charge on any atom is -0.0616 e. The van der Waals surface area contributed by atoms with Crippen molar-refractivity contribution in [1.82, 2.24) is 0 Å². The van der Waals surface area contributed by atoms with Crippen LogP contribution in [0.3, 0.4) is 0 Å². The topological polar surface area (TPSA) is 0 Å². The van der Waals surface area contributed by atoms with Crippen molar-refractivity contribution in [2.24, 2.45) is 0 Å². The molecule has 0 unspecified atom stereocenters. The van der Waals surface area contributed by atoms with Gasteiger partial charge >= 0.3 is 0 Å². The predicted octanol–water partition coefficient (Wildman–Crippen LogP) is 28.8. The fourth-order valence-corrected chi connectivity index (χ4v) is 14.0. The molecular weight excluding hydrogens is 1200 g/mol. The van der Waals surface area contributed by atoms with E-state index in [1.54, 1.807) is 0 Å². The quantitative estimate of drug-likeness (QED) is 0.133. The standard InChI is InChI=1S/C20H16.2C16H14.4C12H12/c1-13-7-9-17-18-10-8-14(2)12-20(18)16-6-4-3-5-15(16)19(17)11-13;2*1-11-7-8-15-14-6-4-3-5-13(14)10-12(2)16(15)9-11;1-9-3-5-12-8-10(2)4-6-11(12)7-9;1-9-3-5-11-6-4-10(2)8-12(11)7-9;1-9-6-7-12-10(2)4-3-5-11(12)8-9;1-9-7-11-5-3-4-6-12(11)8-10(9)2/h3-12H,1-2H3;2*3-10H,1-2H3;4*3-8H,1-2H3. The van der Waals surface area contributed by atoms with Gasteiger partial charge in [-0.25, -0.2) is 0 Å².